The second-order valence-electron chi connectivity index (χ2n) is 12.7. The van der Waals surface area contributed by atoms with Crippen LogP contribution in [0.3, 0.4) is 0 Å². The average Bonchev–Trinajstić information content (AvgIpc) is 2.96. The van der Waals surface area contributed by atoms with Gasteiger partial charge in [-0.15, -0.1) is 0 Å². The van der Waals surface area contributed by atoms with E-state index in [0.717, 1.165) is 29.6 Å². The first-order valence-corrected chi connectivity index (χ1v) is 17.1. The Morgan fingerprint density at radius 3 is 1.74 bits per heavy atom. The predicted octanol–water partition coefficient (Wildman–Crippen LogP) is 11.6. The molecule has 0 atom stereocenters. The lowest BCUT2D eigenvalue weighted by atomic mass is 9.77. The van der Waals surface area contributed by atoms with E-state index in [9.17, 15) is 0 Å². The Bertz CT molecular complexity index is 879. The Balaban J connectivity index is 1.32. The van der Waals surface area contributed by atoms with E-state index in [1.165, 1.54) is 152 Å². The molecule has 0 radical (unpaired) electrons. The van der Waals surface area contributed by atoms with Crippen molar-refractivity contribution in [2.24, 2.45) is 11.8 Å². The lowest BCUT2D eigenvalue weighted by molar-refractivity contribution is 0.248. The van der Waals surface area contributed by atoms with E-state index in [1.807, 2.05) is 12.4 Å². The van der Waals surface area contributed by atoms with Crippen LogP contribution in [0.5, 0.6) is 0 Å². The number of nitrogens with zero attached hydrogens (tertiary/aromatic N) is 2. The Morgan fingerprint density at radius 1 is 0.615 bits per heavy atom. The highest BCUT2D eigenvalue weighted by atomic mass is 14.9. The van der Waals surface area contributed by atoms with Crippen LogP contribution in [-0.4, -0.2) is 9.97 Å². The molecule has 39 heavy (non-hydrogen) atoms. The molecular weight excluding hydrogens is 472 g/mol. The minimum Gasteiger partial charge on any atom is -0.241 e. The standard InChI is InChI=1S/C37H60N2/c1-4-6-8-10-12-14-16-18-32-20-22-33(23-21-32)24-25-34-26-27-36(31(3)28-34)35-29-38-37(39-30-35)19-17-15-13-11-9-7-5-2/h26-30,32-33H,4-25H2,1-3H3/t32-,33-. The number of aromatic nitrogens is 2. The molecular formula is C37H60N2. The zero-order valence-corrected chi connectivity index (χ0v) is 26.0. The van der Waals surface area contributed by atoms with E-state index in [4.69, 9.17) is 9.97 Å². The lowest BCUT2D eigenvalue weighted by Crippen LogP contribution is -2.15. The predicted molar refractivity (Wildman–Crippen MR) is 170 cm³/mol. The number of hydrogen-bond acceptors (Lipinski definition) is 2. The van der Waals surface area contributed by atoms with Crippen molar-refractivity contribution in [1.29, 1.82) is 0 Å². The fourth-order valence-electron chi connectivity index (χ4n) is 6.64. The molecule has 0 unspecified atom stereocenters. The van der Waals surface area contributed by atoms with Gasteiger partial charge in [0.25, 0.3) is 0 Å². The van der Waals surface area contributed by atoms with E-state index in [0.29, 0.717) is 0 Å². The summed E-state index contributed by atoms with van der Waals surface area (Å²) in [7, 11) is 0. The van der Waals surface area contributed by atoms with Gasteiger partial charge in [0.2, 0.25) is 0 Å². The van der Waals surface area contributed by atoms with Gasteiger partial charge in [0.1, 0.15) is 5.82 Å². The maximum Gasteiger partial charge on any atom is 0.128 e. The van der Waals surface area contributed by atoms with Crippen LogP contribution in [0.4, 0.5) is 0 Å². The van der Waals surface area contributed by atoms with Gasteiger partial charge in [0.05, 0.1) is 0 Å². The van der Waals surface area contributed by atoms with Crippen molar-refractivity contribution in [2.75, 3.05) is 0 Å². The summed E-state index contributed by atoms with van der Waals surface area (Å²) in [6.45, 7) is 6.84. The molecule has 0 saturated heterocycles. The summed E-state index contributed by atoms with van der Waals surface area (Å²) in [5, 5.41) is 0. The van der Waals surface area contributed by atoms with Crippen LogP contribution in [0.1, 0.15) is 159 Å². The summed E-state index contributed by atoms with van der Waals surface area (Å²) in [5.41, 5.74) is 5.29. The Labute approximate surface area is 242 Å². The topological polar surface area (TPSA) is 25.8 Å². The van der Waals surface area contributed by atoms with Gasteiger partial charge in [-0.1, -0.05) is 148 Å². The van der Waals surface area contributed by atoms with Crippen LogP contribution in [0.15, 0.2) is 30.6 Å². The summed E-state index contributed by atoms with van der Waals surface area (Å²) in [4.78, 5) is 9.39. The van der Waals surface area contributed by atoms with Crippen LogP contribution < -0.4 is 0 Å². The van der Waals surface area contributed by atoms with E-state index in [-0.39, 0.29) is 0 Å². The van der Waals surface area contributed by atoms with Gasteiger partial charge in [-0.2, -0.15) is 0 Å². The summed E-state index contributed by atoms with van der Waals surface area (Å²) < 4.78 is 0. The minimum atomic E-state index is 0.938. The molecule has 1 aromatic carbocycles. The van der Waals surface area contributed by atoms with Crippen LogP contribution >= 0.6 is 0 Å². The number of hydrogen-bond donors (Lipinski definition) is 0. The molecule has 0 amide bonds. The fourth-order valence-corrected chi connectivity index (χ4v) is 6.64. The molecule has 2 nitrogen and oxygen atoms in total. The largest absolute Gasteiger partial charge is 0.241 e. The smallest absolute Gasteiger partial charge is 0.128 e. The SMILES string of the molecule is CCCCCCCCCc1ncc(-c2ccc(CC[C@H]3CC[C@H](CCCCCCCCC)CC3)cc2C)cn1. The van der Waals surface area contributed by atoms with Crippen LogP contribution in [0.2, 0.25) is 0 Å². The zero-order chi connectivity index (χ0) is 27.5. The Kier molecular flexibility index (Phi) is 15.8. The van der Waals surface area contributed by atoms with Crippen molar-refractivity contribution >= 4 is 0 Å². The lowest BCUT2D eigenvalue weighted by Gasteiger charge is -2.28. The highest BCUT2D eigenvalue weighted by Gasteiger charge is 2.20. The number of unbranched alkanes of at least 4 members (excludes halogenated alkanes) is 12. The molecule has 1 saturated carbocycles. The van der Waals surface area contributed by atoms with Crippen molar-refractivity contribution < 1.29 is 0 Å². The second-order valence-corrected chi connectivity index (χ2v) is 12.7. The summed E-state index contributed by atoms with van der Waals surface area (Å²) in [5.74, 6) is 2.95. The molecule has 2 heteroatoms. The van der Waals surface area contributed by atoms with Gasteiger partial charge < -0.3 is 0 Å². The zero-order valence-electron chi connectivity index (χ0n) is 26.0. The Morgan fingerprint density at radius 2 is 1.15 bits per heavy atom. The summed E-state index contributed by atoms with van der Waals surface area (Å²) >= 11 is 0. The summed E-state index contributed by atoms with van der Waals surface area (Å²) in [6, 6.07) is 7.06. The molecule has 0 N–H and O–H groups in total. The molecule has 1 aliphatic carbocycles. The quantitative estimate of drug-likeness (QED) is 0.158. The monoisotopic (exact) mass is 532 g/mol. The number of aryl methyl sites for hydroxylation is 3. The van der Waals surface area contributed by atoms with Crippen molar-refractivity contribution in [3.8, 4) is 11.1 Å². The van der Waals surface area contributed by atoms with Crippen LogP contribution in [0, 0.1) is 18.8 Å². The fraction of sp³-hybridized carbons (Fsp3) is 0.730. The molecule has 1 aliphatic rings. The first kappa shape index (κ1) is 31.8. The average molecular weight is 533 g/mol. The highest BCUT2D eigenvalue weighted by Crippen LogP contribution is 2.34. The second kappa shape index (κ2) is 19.4. The third-order valence-corrected chi connectivity index (χ3v) is 9.33. The molecule has 0 aliphatic heterocycles. The van der Waals surface area contributed by atoms with Gasteiger partial charge in [0.15, 0.2) is 0 Å². The molecule has 0 bridgehead atoms. The van der Waals surface area contributed by atoms with Crippen molar-refractivity contribution in [3.63, 3.8) is 0 Å². The number of rotatable bonds is 20. The molecule has 3 rings (SSSR count). The van der Waals surface area contributed by atoms with Gasteiger partial charge >= 0.3 is 0 Å². The molecule has 1 heterocycles. The molecule has 2 aromatic rings. The summed E-state index contributed by atoms with van der Waals surface area (Å²) in [6.07, 6.45) is 34.5. The van der Waals surface area contributed by atoms with E-state index < -0.39 is 0 Å². The van der Waals surface area contributed by atoms with Gasteiger partial charge in [0, 0.05) is 24.4 Å². The van der Waals surface area contributed by atoms with Crippen molar-refractivity contribution in [3.05, 3.63) is 47.5 Å². The van der Waals surface area contributed by atoms with E-state index in [1.54, 1.807) is 0 Å². The molecule has 218 valence electrons. The molecule has 1 fully saturated rings. The first-order valence-electron chi connectivity index (χ1n) is 17.1. The van der Waals surface area contributed by atoms with Crippen LogP contribution in [-0.2, 0) is 12.8 Å². The third-order valence-electron chi connectivity index (χ3n) is 9.33. The molecule has 0 spiro atoms. The normalized spacial score (nSPS) is 17.5. The third kappa shape index (κ3) is 12.6. The van der Waals surface area contributed by atoms with E-state index in [2.05, 4.69) is 39.0 Å². The Hall–Kier alpha value is -1.70. The highest BCUT2D eigenvalue weighted by molar-refractivity contribution is 5.66. The first-order chi connectivity index (χ1) is 19.2. The van der Waals surface area contributed by atoms with Crippen molar-refractivity contribution in [2.45, 2.75) is 162 Å². The van der Waals surface area contributed by atoms with Crippen LogP contribution in [0.25, 0.3) is 11.1 Å². The van der Waals surface area contributed by atoms with Crippen molar-refractivity contribution in [1.82, 2.24) is 9.97 Å². The number of benzene rings is 1. The van der Waals surface area contributed by atoms with Gasteiger partial charge in [-0.05, 0) is 54.7 Å². The van der Waals surface area contributed by atoms with E-state index >= 15 is 0 Å². The van der Waals surface area contributed by atoms with Gasteiger partial charge in [-0.25, -0.2) is 9.97 Å². The van der Waals surface area contributed by atoms with Gasteiger partial charge in [-0.3, -0.25) is 0 Å². The minimum absolute atomic E-state index is 0.938. The molecule has 1 aromatic heterocycles. The maximum atomic E-state index is 4.70. The maximum absolute atomic E-state index is 4.70.